The van der Waals surface area contributed by atoms with Crippen molar-refractivity contribution in [3.8, 4) is 23.0 Å². The lowest BCUT2D eigenvalue weighted by molar-refractivity contribution is 0.0349. The number of para-hydroxylation sites is 1. The monoisotopic (exact) mass is 370 g/mol. The van der Waals surface area contributed by atoms with Crippen molar-refractivity contribution in [2.75, 3.05) is 26.2 Å². The maximum absolute atomic E-state index is 13.0. The van der Waals surface area contributed by atoms with Crippen LogP contribution in [0.25, 0.3) is 0 Å². The van der Waals surface area contributed by atoms with E-state index in [1.54, 1.807) is 38.4 Å². The van der Waals surface area contributed by atoms with Crippen molar-refractivity contribution >= 4 is 11.7 Å². The molecule has 1 N–H and O–H groups in total. The minimum Gasteiger partial charge on any atom is -0.493 e. The predicted octanol–water partition coefficient (Wildman–Crippen LogP) is 3.48. The number of anilines is 1. The van der Waals surface area contributed by atoms with Crippen LogP contribution >= 0.6 is 0 Å². The summed E-state index contributed by atoms with van der Waals surface area (Å²) in [6.07, 6.45) is 0.604. The van der Waals surface area contributed by atoms with Crippen molar-refractivity contribution in [2.45, 2.75) is 25.1 Å². The van der Waals surface area contributed by atoms with E-state index in [0.29, 0.717) is 35.1 Å². The summed E-state index contributed by atoms with van der Waals surface area (Å²) >= 11 is 0. The molecule has 0 spiro atoms. The summed E-state index contributed by atoms with van der Waals surface area (Å²) in [5, 5.41) is 3.07. The maximum Gasteiger partial charge on any atom is 0.325 e. The van der Waals surface area contributed by atoms with Gasteiger partial charge in [0.05, 0.1) is 33.1 Å². The standard InChI is InChI=1S/C20H22N2O5/c1-20-11-14(13-6-5-7-16(25-3)18(13)27-20)21-19(23)22(20)12-8-9-15(24-2)17(10-12)26-4/h5-10,14H,11H2,1-4H3,(H,21,23). The number of nitrogens with zero attached hydrogens (tertiary/aromatic N) is 1. The van der Waals surface area contributed by atoms with Gasteiger partial charge in [0.2, 0.25) is 0 Å². The van der Waals surface area contributed by atoms with Gasteiger partial charge in [-0.25, -0.2) is 4.79 Å². The zero-order valence-corrected chi connectivity index (χ0v) is 15.7. The van der Waals surface area contributed by atoms with Crippen molar-refractivity contribution < 1.29 is 23.7 Å². The first-order valence-electron chi connectivity index (χ1n) is 8.69. The highest BCUT2D eigenvalue weighted by Crippen LogP contribution is 2.49. The summed E-state index contributed by atoms with van der Waals surface area (Å²) in [5.41, 5.74) is 0.713. The zero-order valence-electron chi connectivity index (χ0n) is 15.7. The molecule has 27 heavy (non-hydrogen) atoms. The van der Waals surface area contributed by atoms with Gasteiger partial charge in [0.15, 0.2) is 28.7 Å². The smallest absolute Gasteiger partial charge is 0.325 e. The van der Waals surface area contributed by atoms with E-state index in [1.807, 2.05) is 31.2 Å². The van der Waals surface area contributed by atoms with Gasteiger partial charge >= 0.3 is 6.03 Å². The second kappa shape index (κ2) is 6.26. The molecule has 2 aromatic carbocycles. The quantitative estimate of drug-likeness (QED) is 0.892. The van der Waals surface area contributed by atoms with Crippen LogP contribution in [0.4, 0.5) is 10.5 Å². The molecule has 2 aliphatic rings. The van der Waals surface area contributed by atoms with Gasteiger partial charge in [-0.3, -0.25) is 4.90 Å². The third kappa shape index (κ3) is 2.61. The fraction of sp³-hybridized carbons (Fsp3) is 0.350. The molecular weight excluding hydrogens is 348 g/mol. The van der Waals surface area contributed by atoms with E-state index in [1.165, 1.54) is 0 Å². The number of urea groups is 1. The highest BCUT2D eigenvalue weighted by atomic mass is 16.5. The van der Waals surface area contributed by atoms with E-state index in [9.17, 15) is 4.79 Å². The Morgan fingerprint density at radius 1 is 1.07 bits per heavy atom. The summed E-state index contributed by atoms with van der Waals surface area (Å²) in [7, 11) is 4.74. The Bertz CT molecular complexity index is 900. The zero-order chi connectivity index (χ0) is 19.2. The van der Waals surface area contributed by atoms with Crippen molar-refractivity contribution in [3.05, 3.63) is 42.0 Å². The predicted molar refractivity (Wildman–Crippen MR) is 99.9 cm³/mol. The number of hydrogen-bond acceptors (Lipinski definition) is 5. The topological polar surface area (TPSA) is 69.3 Å². The van der Waals surface area contributed by atoms with Gasteiger partial charge in [-0.15, -0.1) is 0 Å². The number of carbonyl (C=O) groups is 1. The Hall–Kier alpha value is -3.09. The molecule has 1 saturated heterocycles. The molecule has 2 heterocycles. The van der Waals surface area contributed by atoms with Crippen molar-refractivity contribution in [1.82, 2.24) is 5.32 Å². The second-order valence-corrected chi connectivity index (χ2v) is 6.74. The lowest BCUT2D eigenvalue weighted by Crippen LogP contribution is -2.65. The Kier molecular flexibility index (Phi) is 4.02. The number of nitrogens with one attached hydrogen (secondary N) is 1. The van der Waals surface area contributed by atoms with Crippen LogP contribution in [0.3, 0.4) is 0 Å². The van der Waals surface area contributed by atoms with Crippen LogP contribution < -0.4 is 29.2 Å². The molecule has 142 valence electrons. The molecule has 2 amide bonds. The van der Waals surface area contributed by atoms with E-state index in [-0.39, 0.29) is 12.1 Å². The van der Waals surface area contributed by atoms with Gasteiger partial charge in [-0.05, 0) is 25.1 Å². The highest BCUT2D eigenvalue weighted by molar-refractivity contribution is 5.95. The number of methoxy groups -OCH3 is 3. The van der Waals surface area contributed by atoms with Crippen LogP contribution in [0.5, 0.6) is 23.0 Å². The minimum absolute atomic E-state index is 0.141. The summed E-state index contributed by atoms with van der Waals surface area (Å²) in [6.45, 7) is 1.91. The molecule has 2 unspecified atom stereocenters. The number of rotatable bonds is 4. The summed E-state index contributed by atoms with van der Waals surface area (Å²) < 4.78 is 22.5. The first-order chi connectivity index (χ1) is 13.0. The van der Waals surface area contributed by atoms with E-state index in [2.05, 4.69) is 5.32 Å². The fourth-order valence-electron chi connectivity index (χ4n) is 3.88. The van der Waals surface area contributed by atoms with Crippen LogP contribution in [-0.2, 0) is 0 Å². The highest BCUT2D eigenvalue weighted by Gasteiger charge is 2.50. The number of fused-ring (bicyclic) bond motifs is 4. The van der Waals surface area contributed by atoms with Gasteiger partial charge in [0, 0.05) is 18.1 Å². The lowest BCUT2D eigenvalue weighted by atomic mass is 9.90. The molecule has 2 atom stereocenters. The summed E-state index contributed by atoms with van der Waals surface area (Å²) in [4.78, 5) is 14.6. The van der Waals surface area contributed by atoms with Gasteiger partial charge in [0.1, 0.15) is 0 Å². The molecule has 2 aliphatic heterocycles. The van der Waals surface area contributed by atoms with E-state index in [4.69, 9.17) is 18.9 Å². The lowest BCUT2D eigenvalue weighted by Gasteiger charge is -2.50. The number of hydrogen-bond donors (Lipinski definition) is 1. The maximum atomic E-state index is 13.0. The van der Waals surface area contributed by atoms with E-state index in [0.717, 1.165) is 5.56 Å². The Balaban J connectivity index is 1.80. The molecule has 0 aromatic heterocycles. The summed E-state index contributed by atoms with van der Waals surface area (Å²) in [5.74, 6) is 2.44. The van der Waals surface area contributed by atoms with Crippen LogP contribution in [0.2, 0.25) is 0 Å². The molecular formula is C20H22N2O5. The first-order valence-corrected chi connectivity index (χ1v) is 8.69. The minimum atomic E-state index is -0.867. The Morgan fingerprint density at radius 2 is 1.81 bits per heavy atom. The molecule has 0 radical (unpaired) electrons. The third-order valence-electron chi connectivity index (χ3n) is 5.11. The number of amides is 2. The van der Waals surface area contributed by atoms with Crippen molar-refractivity contribution in [3.63, 3.8) is 0 Å². The summed E-state index contributed by atoms with van der Waals surface area (Å²) in [6, 6.07) is 10.7. The average Bonchev–Trinajstić information content (AvgIpc) is 2.66. The second-order valence-electron chi connectivity index (χ2n) is 6.74. The molecule has 0 aliphatic carbocycles. The fourth-order valence-corrected chi connectivity index (χ4v) is 3.88. The van der Waals surface area contributed by atoms with Crippen molar-refractivity contribution in [1.29, 1.82) is 0 Å². The number of carbonyl (C=O) groups excluding carboxylic acids is 1. The van der Waals surface area contributed by atoms with Gasteiger partial charge in [-0.1, -0.05) is 12.1 Å². The number of benzene rings is 2. The molecule has 4 rings (SSSR count). The molecule has 1 fully saturated rings. The third-order valence-corrected chi connectivity index (χ3v) is 5.11. The molecule has 2 bridgehead atoms. The average molecular weight is 370 g/mol. The molecule has 2 aromatic rings. The van der Waals surface area contributed by atoms with E-state index >= 15 is 0 Å². The Labute approximate surface area is 157 Å². The number of ether oxygens (including phenoxy) is 4. The van der Waals surface area contributed by atoms with Crippen LogP contribution in [0, 0.1) is 0 Å². The first kappa shape index (κ1) is 17.3. The molecule has 7 heteroatoms. The van der Waals surface area contributed by atoms with Crippen molar-refractivity contribution in [2.24, 2.45) is 0 Å². The van der Waals surface area contributed by atoms with Crippen LogP contribution in [-0.4, -0.2) is 33.1 Å². The van der Waals surface area contributed by atoms with Crippen LogP contribution in [0.15, 0.2) is 36.4 Å². The normalized spacial score (nSPS) is 23.0. The van der Waals surface area contributed by atoms with E-state index < -0.39 is 5.72 Å². The van der Waals surface area contributed by atoms with Gasteiger partial charge in [-0.2, -0.15) is 0 Å². The Morgan fingerprint density at radius 3 is 2.52 bits per heavy atom. The molecule has 0 saturated carbocycles. The van der Waals surface area contributed by atoms with Crippen LogP contribution in [0.1, 0.15) is 24.9 Å². The van der Waals surface area contributed by atoms with Gasteiger partial charge in [0.25, 0.3) is 0 Å². The molecule has 7 nitrogen and oxygen atoms in total. The van der Waals surface area contributed by atoms with Gasteiger partial charge < -0.3 is 24.3 Å². The largest absolute Gasteiger partial charge is 0.493 e. The SMILES string of the molecule is COc1ccc(N2C(=O)NC3CC2(C)Oc2c(OC)cccc23)cc1OC.